The van der Waals surface area contributed by atoms with Crippen LogP contribution in [0.4, 0.5) is 0 Å². The number of carboxylic acids is 1. The van der Waals surface area contributed by atoms with Gasteiger partial charge in [0.2, 0.25) is 5.91 Å². The maximum atomic E-state index is 13.0. The monoisotopic (exact) mass is 718 g/mol. The second-order valence-electron chi connectivity index (χ2n) is 13.2. The highest BCUT2D eigenvalue weighted by molar-refractivity contribution is 6.25. The van der Waals surface area contributed by atoms with Crippen molar-refractivity contribution in [1.29, 1.82) is 0 Å². The number of hydrogen-bond donors (Lipinski definition) is 4. The lowest BCUT2D eigenvalue weighted by Gasteiger charge is -2.38. The van der Waals surface area contributed by atoms with E-state index < -0.39 is 28.6 Å². The number of carboxylic acid groups (broad SMARTS) is 1. The number of carbonyl (C=O) groups is 2. The van der Waals surface area contributed by atoms with Crippen LogP contribution in [-0.4, -0.2) is 94.5 Å². The molecule has 0 heterocycles. The Morgan fingerprint density at radius 3 is 1.67 bits per heavy atom. The summed E-state index contributed by atoms with van der Waals surface area (Å²) in [5, 5.41) is 20.3. The quantitative estimate of drug-likeness (QED) is 0.0725. The largest absolute Gasteiger partial charge is 0.481 e. The van der Waals surface area contributed by atoms with Gasteiger partial charge in [-0.25, -0.2) is 4.89 Å². The third-order valence-electron chi connectivity index (χ3n) is 10.2. The molecule has 4 aliphatic rings. The highest BCUT2D eigenvalue weighted by Crippen LogP contribution is 2.39. The fourth-order valence-corrected chi connectivity index (χ4v) is 8.99. The van der Waals surface area contributed by atoms with Gasteiger partial charge in [0.15, 0.2) is 0 Å². The van der Waals surface area contributed by atoms with Gasteiger partial charge < -0.3 is 24.7 Å². The van der Waals surface area contributed by atoms with Crippen LogP contribution in [-0.2, 0) is 28.8 Å². The van der Waals surface area contributed by atoms with Crippen molar-refractivity contribution in [2.75, 3.05) is 26.4 Å². The molecule has 10 nitrogen and oxygen atoms in total. The van der Waals surface area contributed by atoms with E-state index in [-0.39, 0.29) is 59.4 Å². The summed E-state index contributed by atoms with van der Waals surface area (Å²) >= 11 is 25.6. The summed E-state index contributed by atoms with van der Waals surface area (Å²) in [7, 11) is 0. The van der Waals surface area contributed by atoms with E-state index in [1.165, 1.54) is 0 Å². The van der Waals surface area contributed by atoms with Crippen LogP contribution in [0.2, 0.25) is 0 Å². The van der Waals surface area contributed by atoms with Crippen LogP contribution in [0.5, 0.6) is 0 Å². The summed E-state index contributed by atoms with van der Waals surface area (Å²) in [6.07, 6.45) is 11.0. The SMILES string of the molecule is O=C(O)C1C(Cl)CCC(Cl)C1C(=O)NC1CCC(OCCCOC2CCC(NOCC3C(Cl)CCC(Cl)C3COO)CC2)CC1. The van der Waals surface area contributed by atoms with Gasteiger partial charge in [0.1, 0.15) is 0 Å². The predicted molar refractivity (Wildman–Crippen MR) is 173 cm³/mol. The fourth-order valence-electron chi connectivity index (χ4n) is 7.43. The molecule has 0 spiro atoms. The summed E-state index contributed by atoms with van der Waals surface area (Å²) in [5.41, 5.74) is 3.20. The minimum atomic E-state index is -1.07. The molecule has 14 heteroatoms. The van der Waals surface area contributed by atoms with E-state index in [9.17, 15) is 14.7 Å². The van der Waals surface area contributed by atoms with Gasteiger partial charge in [-0.05, 0) is 83.5 Å². The van der Waals surface area contributed by atoms with E-state index in [4.69, 9.17) is 66.0 Å². The van der Waals surface area contributed by atoms with Gasteiger partial charge in [-0.15, -0.1) is 46.4 Å². The molecule has 260 valence electrons. The third-order valence-corrected chi connectivity index (χ3v) is 12.2. The summed E-state index contributed by atoms with van der Waals surface area (Å²) < 4.78 is 12.2. The van der Waals surface area contributed by atoms with Crippen LogP contribution < -0.4 is 10.8 Å². The Kier molecular flexibility index (Phi) is 16.0. The van der Waals surface area contributed by atoms with Crippen LogP contribution in [0.3, 0.4) is 0 Å². The molecular formula is C31H50Cl4N2O8. The standard InChI is InChI=1S/C31H50Cl4N2O8/c32-24-10-11-25(33)23(17-45-41)22(24)16-44-37-19-4-8-21(9-5-19)43-15-1-14-42-20-6-2-18(3-7-20)36-30(38)28-26(34)12-13-27(35)29(28)31(39)40/h18-29,37,41H,1-17H2,(H,36,38)(H,39,40). The van der Waals surface area contributed by atoms with Gasteiger partial charge in [-0.3, -0.25) is 14.8 Å². The second kappa shape index (κ2) is 19.2. The van der Waals surface area contributed by atoms with Crippen LogP contribution in [0.25, 0.3) is 0 Å². The Morgan fingerprint density at radius 1 is 0.644 bits per heavy atom. The summed E-state index contributed by atoms with van der Waals surface area (Å²) in [6, 6.07) is 0.254. The zero-order valence-electron chi connectivity index (χ0n) is 25.8. The molecule has 4 saturated carbocycles. The topological polar surface area (TPSA) is 136 Å². The summed E-state index contributed by atoms with van der Waals surface area (Å²) in [6.45, 7) is 1.87. The number of carbonyl (C=O) groups excluding carboxylic acids is 1. The number of rotatable bonds is 15. The van der Waals surface area contributed by atoms with Gasteiger partial charge >= 0.3 is 5.97 Å². The normalized spacial score (nSPS) is 39.3. The average molecular weight is 721 g/mol. The molecule has 0 radical (unpaired) electrons. The van der Waals surface area contributed by atoms with Crippen LogP contribution >= 0.6 is 46.4 Å². The number of ether oxygens (including phenoxy) is 2. The Balaban J connectivity index is 1.03. The Hall–Kier alpha value is -0.140. The second-order valence-corrected chi connectivity index (χ2v) is 15.5. The van der Waals surface area contributed by atoms with E-state index in [1.54, 1.807) is 0 Å². The molecule has 0 aromatic heterocycles. The van der Waals surface area contributed by atoms with E-state index in [0.29, 0.717) is 32.7 Å². The highest BCUT2D eigenvalue weighted by Gasteiger charge is 2.47. The first kappa shape index (κ1) is 37.7. The molecule has 0 saturated heterocycles. The van der Waals surface area contributed by atoms with Crippen molar-refractivity contribution in [1.82, 2.24) is 10.8 Å². The van der Waals surface area contributed by atoms with Crippen LogP contribution in [0, 0.1) is 23.7 Å². The molecule has 1 amide bonds. The molecule has 8 unspecified atom stereocenters. The zero-order valence-corrected chi connectivity index (χ0v) is 28.8. The van der Waals surface area contributed by atoms with E-state index in [0.717, 1.165) is 70.6 Å². The van der Waals surface area contributed by atoms with Crippen molar-refractivity contribution < 1.29 is 39.2 Å². The van der Waals surface area contributed by atoms with Crippen molar-refractivity contribution in [3.05, 3.63) is 0 Å². The Morgan fingerprint density at radius 2 is 1.13 bits per heavy atom. The first-order chi connectivity index (χ1) is 21.7. The van der Waals surface area contributed by atoms with E-state index >= 15 is 0 Å². The van der Waals surface area contributed by atoms with E-state index in [2.05, 4.69) is 15.7 Å². The Labute approximate surface area is 286 Å². The van der Waals surface area contributed by atoms with Crippen LogP contribution in [0.1, 0.15) is 83.5 Å². The smallest absolute Gasteiger partial charge is 0.308 e. The van der Waals surface area contributed by atoms with Crippen molar-refractivity contribution in [2.45, 2.75) is 129 Å². The molecule has 45 heavy (non-hydrogen) atoms. The molecule has 0 aromatic carbocycles. The van der Waals surface area contributed by atoms with Gasteiger partial charge in [-0.2, -0.15) is 5.48 Å². The lowest BCUT2D eigenvalue weighted by atomic mass is 9.77. The van der Waals surface area contributed by atoms with Crippen molar-refractivity contribution >= 4 is 58.3 Å². The number of halogens is 4. The van der Waals surface area contributed by atoms with Crippen molar-refractivity contribution in [3.63, 3.8) is 0 Å². The fraction of sp³-hybridized carbons (Fsp3) is 0.935. The molecule has 4 rings (SSSR count). The van der Waals surface area contributed by atoms with Gasteiger partial charge in [-0.1, -0.05) is 0 Å². The third kappa shape index (κ3) is 11.2. The molecule has 0 bridgehead atoms. The van der Waals surface area contributed by atoms with E-state index in [1.807, 2.05) is 0 Å². The zero-order chi connectivity index (χ0) is 32.3. The Bertz CT molecular complexity index is 909. The lowest BCUT2D eigenvalue weighted by Crippen LogP contribution is -2.51. The molecule has 4 aliphatic carbocycles. The minimum absolute atomic E-state index is 0.00926. The van der Waals surface area contributed by atoms with Gasteiger partial charge in [0.25, 0.3) is 0 Å². The molecule has 0 aromatic rings. The maximum Gasteiger partial charge on any atom is 0.308 e. The number of alkyl halides is 4. The number of amides is 1. The number of nitrogens with one attached hydrogen (secondary N) is 2. The summed E-state index contributed by atoms with van der Waals surface area (Å²) in [5.74, 6) is -3.19. The van der Waals surface area contributed by atoms with Crippen molar-refractivity contribution in [2.24, 2.45) is 23.7 Å². The maximum absolute atomic E-state index is 13.0. The molecular weight excluding hydrogens is 670 g/mol. The first-order valence-corrected chi connectivity index (χ1v) is 18.4. The van der Waals surface area contributed by atoms with Gasteiger partial charge in [0, 0.05) is 58.6 Å². The number of hydroxylamine groups is 1. The van der Waals surface area contributed by atoms with Crippen molar-refractivity contribution in [3.8, 4) is 0 Å². The first-order valence-electron chi connectivity index (χ1n) is 16.6. The predicted octanol–water partition coefficient (Wildman–Crippen LogP) is 5.73. The average Bonchev–Trinajstić information content (AvgIpc) is 3.02. The number of aliphatic carboxylic acids is 1. The lowest BCUT2D eigenvalue weighted by molar-refractivity contribution is -0.256. The molecule has 8 atom stereocenters. The molecule has 4 N–H and O–H groups in total. The molecule has 0 aliphatic heterocycles. The number of hydrogen-bond acceptors (Lipinski definition) is 8. The van der Waals surface area contributed by atoms with Gasteiger partial charge in [0.05, 0.1) is 37.3 Å². The highest BCUT2D eigenvalue weighted by atomic mass is 35.5. The summed E-state index contributed by atoms with van der Waals surface area (Å²) in [4.78, 5) is 35.0. The minimum Gasteiger partial charge on any atom is -0.481 e. The van der Waals surface area contributed by atoms with Crippen LogP contribution in [0.15, 0.2) is 0 Å². The molecule has 4 fully saturated rings.